The minimum atomic E-state index is 0.462. The van der Waals surface area contributed by atoms with Crippen LogP contribution in [0.3, 0.4) is 0 Å². The predicted molar refractivity (Wildman–Crippen MR) is 83.3 cm³/mol. The second-order valence-electron chi connectivity index (χ2n) is 4.50. The van der Waals surface area contributed by atoms with E-state index in [1.807, 2.05) is 12.1 Å². The minimum Gasteiger partial charge on any atom is -0.497 e. The molecule has 112 valence electrons. The van der Waals surface area contributed by atoms with E-state index < -0.39 is 0 Å². The first-order valence-electron chi connectivity index (χ1n) is 6.50. The van der Waals surface area contributed by atoms with Crippen LogP contribution in [0, 0.1) is 0 Å². The molecule has 0 fully saturated rings. The van der Waals surface area contributed by atoms with Crippen LogP contribution in [0.5, 0.6) is 11.5 Å². The van der Waals surface area contributed by atoms with Crippen LogP contribution in [0.4, 0.5) is 0 Å². The van der Waals surface area contributed by atoms with Crippen molar-refractivity contribution >= 4 is 11.6 Å². The highest BCUT2D eigenvalue weighted by Gasteiger charge is 2.12. The molecule has 3 rings (SSSR count). The van der Waals surface area contributed by atoms with Crippen LogP contribution in [-0.2, 0) is 0 Å². The quantitative estimate of drug-likeness (QED) is 0.726. The summed E-state index contributed by atoms with van der Waals surface area (Å²) in [7, 11) is 3.19. The third-order valence-electron chi connectivity index (χ3n) is 3.09. The summed E-state index contributed by atoms with van der Waals surface area (Å²) in [6.07, 6.45) is 3.12. The molecule has 0 radical (unpaired) electrons. The van der Waals surface area contributed by atoms with Crippen molar-refractivity contribution in [3.05, 3.63) is 47.8 Å². The van der Waals surface area contributed by atoms with Gasteiger partial charge in [-0.15, -0.1) is 0 Å². The third-order valence-corrected chi connectivity index (χ3v) is 3.32. The van der Waals surface area contributed by atoms with E-state index in [9.17, 15) is 0 Å². The zero-order valence-corrected chi connectivity index (χ0v) is 12.8. The number of aromatic nitrogens is 2. The lowest BCUT2D eigenvalue weighted by Gasteiger charge is -2.05. The van der Waals surface area contributed by atoms with E-state index in [1.54, 1.807) is 44.9 Å². The Balaban J connectivity index is 1.98. The number of oxazole rings is 1. The predicted octanol–water partition coefficient (Wildman–Crippen LogP) is 4.07. The average molecular weight is 317 g/mol. The smallest absolute Gasteiger partial charge is 0.226 e. The van der Waals surface area contributed by atoms with Gasteiger partial charge in [-0.3, -0.25) is 4.98 Å². The van der Waals surface area contributed by atoms with Gasteiger partial charge in [0, 0.05) is 17.8 Å². The van der Waals surface area contributed by atoms with Gasteiger partial charge in [0.25, 0.3) is 0 Å². The Morgan fingerprint density at radius 3 is 2.32 bits per heavy atom. The standard InChI is InChI=1S/C16H13ClN2O3/c1-20-12-5-10(6-13(7-12)21-2)16-19-15(9-22-16)14-4-3-11(17)8-18-14/h3-9H,1-2H3. The van der Waals surface area contributed by atoms with Gasteiger partial charge in [-0.05, 0) is 24.3 Å². The maximum atomic E-state index is 5.83. The number of rotatable bonds is 4. The van der Waals surface area contributed by atoms with Crippen molar-refractivity contribution in [3.63, 3.8) is 0 Å². The summed E-state index contributed by atoms with van der Waals surface area (Å²) in [6, 6.07) is 8.98. The normalized spacial score (nSPS) is 10.5. The largest absolute Gasteiger partial charge is 0.497 e. The second kappa shape index (κ2) is 6.07. The molecule has 0 aliphatic carbocycles. The summed E-state index contributed by atoms with van der Waals surface area (Å²) in [4.78, 5) is 8.67. The van der Waals surface area contributed by atoms with Gasteiger partial charge in [0.05, 0.1) is 24.9 Å². The second-order valence-corrected chi connectivity index (χ2v) is 4.94. The van der Waals surface area contributed by atoms with Gasteiger partial charge in [0.2, 0.25) is 5.89 Å². The van der Waals surface area contributed by atoms with Crippen molar-refractivity contribution in [2.75, 3.05) is 14.2 Å². The number of hydrogen-bond acceptors (Lipinski definition) is 5. The Bertz CT molecular complexity index is 762. The fraction of sp³-hybridized carbons (Fsp3) is 0.125. The average Bonchev–Trinajstić information content (AvgIpc) is 3.05. The first-order valence-corrected chi connectivity index (χ1v) is 6.88. The van der Waals surface area contributed by atoms with Crippen LogP contribution in [0.15, 0.2) is 47.2 Å². The number of ether oxygens (including phenoxy) is 2. The highest BCUT2D eigenvalue weighted by atomic mass is 35.5. The molecule has 0 atom stereocenters. The van der Waals surface area contributed by atoms with Crippen molar-refractivity contribution < 1.29 is 13.9 Å². The van der Waals surface area contributed by atoms with Gasteiger partial charge in [-0.2, -0.15) is 0 Å². The van der Waals surface area contributed by atoms with Crippen molar-refractivity contribution in [1.82, 2.24) is 9.97 Å². The molecule has 0 N–H and O–H groups in total. The molecule has 0 spiro atoms. The fourth-order valence-corrected chi connectivity index (χ4v) is 2.09. The zero-order valence-electron chi connectivity index (χ0n) is 12.0. The van der Waals surface area contributed by atoms with Gasteiger partial charge in [-0.1, -0.05) is 11.6 Å². The summed E-state index contributed by atoms with van der Waals surface area (Å²) in [5.74, 6) is 1.79. The van der Waals surface area contributed by atoms with Crippen LogP contribution in [0.1, 0.15) is 0 Å². The Morgan fingerprint density at radius 2 is 1.73 bits per heavy atom. The number of benzene rings is 1. The molecule has 1 aromatic carbocycles. The van der Waals surface area contributed by atoms with Gasteiger partial charge in [0.15, 0.2) is 0 Å². The lowest BCUT2D eigenvalue weighted by atomic mass is 10.2. The molecule has 2 heterocycles. The SMILES string of the molecule is COc1cc(OC)cc(-c2nc(-c3ccc(Cl)cn3)co2)c1. The third kappa shape index (κ3) is 2.89. The molecule has 0 saturated heterocycles. The van der Waals surface area contributed by atoms with Gasteiger partial charge >= 0.3 is 0 Å². The van der Waals surface area contributed by atoms with E-state index in [1.165, 1.54) is 0 Å². The zero-order chi connectivity index (χ0) is 15.5. The molecule has 3 aromatic rings. The molecular formula is C16H13ClN2O3. The molecule has 5 nitrogen and oxygen atoms in total. The first kappa shape index (κ1) is 14.4. The van der Waals surface area contributed by atoms with Crippen molar-refractivity contribution in [2.45, 2.75) is 0 Å². The Morgan fingerprint density at radius 1 is 1.00 bits per heavy atom. The minimum absolute atomic E-state index is 0.462. The molecular weight excluding hydrogens is 304 g/mol. The Kier molecular flexibility index (Phi) is 3.98. The van der Waals surface area contributed by atoms with Crippen molar-refractivity contribution in [2.24, 2.45) is 0 Å². The summed E-state index contributed by atoms with van der Waals surface area (Å²) >= 11 is 5.83. The molecule has 0 unspecified atom stereocenters. The number of halogens is 1. The Hall–Kier alpha value is -2.53. The van der Waals surface area contributed by atoms with Crippen molar-refractivity contribution in [1.29, 1.82) is 0 Å². The molecule has 0 bridgehead atoms. The Labute approximate surface area is 132 Å². The van der Waals surface area contributed by atoms with Gasteiger partial charge < -0.3 is 13.9 Å². The molecule has 0 aliphatic rings. The van der Waals surface area contributed by atoms with Crippen LogP contribution in [-0.4, -0.2) is 24.2 Å². The van der Waals surface area contributed by atoms with E-state index in [0.29, 0.717) is 33.8 Å². The summed E-state index contributed by atoms with van der Waals surface area (Å²) < 4.78 is 16.0. The molecule has 2 aromatic heterocycles. The van der Waals surface area contributed by atoms with Gasteiger partial charge in [-0.25, -0.2) is 4.98 Å². The monoisotopic (exact) mass is 316 g/mol. The lowest BCUT2D eigenvalue weighted by molar-refractivity contribution is 0.394. The molecule has 0 aliphatic heterocycles. The maximum absolute atomic E-state index is 5.83. The van der Waals surface area contributed by atoms with E-state index in [4.69, 9.17) is 25.5 Å². The maximum Gasteiger partial charge on any atom is 0.226 e. The molecule has 0 amide bonds. The van der Waals surface area contributed by atoms with Crippen molar-refractivity contribution in [3.8, 4) is 34.3 Å². The van der Waals surface area contributed by atoms with Crippen LogP contribution < -0.4 is 9.47 Å². The fourth-order valence-electron chi connectivity index (χ4n) is 1.98. The van der Waals surface area contributed by atoms with Crippen LogP contribution in [0.25, 0.3) is 22.8 Å². The lowest BCUT2D eigenvalue weighted by Crippen LogP contribution is -1.89. The molecule has 0 saturated carbocycles. The number of methoxy groups -OCH3 is 2. The summed E-state index contributed by atoms with van der Waals surface area (Å²) in [6.45, 7) is 0. The highest BCUT2D eigenvalue weighted by Crippen LogP contribution is 2.30. The van der Waals surface area contributed by atoms with Crippen LogP contribution in [0.2, 0.25) is 5.02 Å². The van der Waals surface area contributed by atoms with Gasteiger partial charge in [0.1, 0.15) is 23.5 Å². The van der Waals surface area contributed by atoms with E-state index in [2.05, 4.69) is 9.97 Å². The first-order chi connectivity index (χ1) is 10.7. The molecule has 6 heteroatoms. The molecule has 22 heavy (non-hydrogen) atoms. The highest BCUT2D eigenvalue weighted by molar-refractivity contribution is 6.30. The summed E-state index contributed by atoms with van der Waals surface area (Å²) in [5.41, 5.74) is 2.08. The van der Waals surface area contributed by atoms with E-state index in [-0.39, 0.29) is 0 Å². The van der Waals surface area contributed by atoms with E-state index in [0.717, 1.165) is 5.56 Å². The number of pyridine rings is 1. The van der Waals surface area contributed by atoms with Crippen LogP contribution >= 0.6 is 11.6 Å². The topological polar surface area (TPSA) is 57.4 Å². The summed E-state index contributed by atoms with van der Waals surface area (Å²) in [5, 5.41) is 0.574. The number of nitrogens with zero attached hydrogens (tertiary/aromatic N) is 2. The van der Waals surface area contributed by atoms with E-state index >= 15 is 0 Å². The number of hydrogen-bond donors (Lipinski definition) is 0.